The minimum Gasteiger partial charge on any atom is -0.314 e. The van der Waals surface area contributed by atoms with E-state index < -0.39 is 0 Å². The van der Waals surface area contributed by atoms with Gasteiger partial charge in [0.05, 0.1) is 6.54 Å². The lowest BCUT2D eigenvalue weighted by molar-refractivity contribution is 0.228. The summed E-state index contributed by atoms with van der Waals surface area (Å²) in [7, 11) is 0. The van der Waals surface area contributed by atoms with E-state index in [9.17, 15) is 0 Å². The van der Waals surface area contributed by atoms with Gasteiger partial charge in [0, 0.05) is 32.6 Å². The van der Waals surface area contributed by atoms with E-state index in [4.69, 9.17) is 0 Å². The molecule has 5 nitrogen and oxygen atoms in total. The standard InChI is InChI=1S/C11H21N5/c1-9(2)7-10-13-11(15-14-10)8-16-5-3-12-4-6-16/h9,12H,3-8H2,1-2H3,(H,13,14,15). The predicted molar refractivity (Wildman–Crippen MR) is 63.1 cm³/mol. The van der Waals surface area contributed by atoms with Crippen LogP contribution in [0.15, 0.2) is 0 Å². The van der Waals surface area contributed by atoms with Crippen molar-refractivity contribution in [3.63, 3.8) is 0 Å². The molecule has 5 heteroatoms. The van der Waals surface area contributed by atoms with Gasteiger partial charge < -0.3 is 5.32 Å². The van der Waals surface area contributed by atoms with Crippen molar-refractivity contribution in [3.8, 4) is 0 Å². The van der Waals surface area contributed by atoms with Crippen LogP contribution in [0, 0.1) is 5.92 Å². The van der Waals surface area contributed by atoms with Gasteiger partial charge in [0.1, 0.15) is 5.82 Å². The quantitative estimate of drug-likeness (QED) is 0.776. The van der Waals surface area contributed by atoms with Crippen molar-refractivity contribution in [2.75, 3.05) is 26.2 Å². The largest absolute Gasteiger partial charge is 0.314 e. The summed E-state index contributed by atoms with van der Waals surface area (Å²) in [6, 6.07) is 0. The Hall–Kier alpha value is -0.940. The van der Waals surface area contributed by atoms with Gasteiger partial charge in [-0.05, 0) is 5.92 Å². The molecule has 0 bridgehead atoms. The highest BCUT2D eigenvalue weighted by Gasteiger charge is 2.12. The third-order valence-electron chi connectivity index (χ3n) is 2.75. The zero-order valence-corrected chi connectivity index (χ0v) is 10.2. The third kappa shape index (κ3) is 3.28. The highest BCUT2D eigenvalue weighted by atomic mass is 15.3. The first-order valence-corrected chi connectivity index (χ1v) is 6.07. The number of hydrogen-bond donors (Lipinski definition) is 2. The molecule has 1 fully saturated rings. The number of rotatable bonds is 4. The fourth-order valence-corrected chi connectivity index (χ4v) is 1.94. The number of hydrogen-bond acceptors (Lipinski definition) is 4. The molecule has 0 amide bonds. The number of H-pyrrole nitrogens is 1. The van der Waals surface area contributed by atoms with E-state index in [0.717, 1.165) is 50.8 Å². The van der Waals surface area contributed by atoms with Crippen molar-refractivity contribution >= 4 is 0 Å². The maximum atomic E-state index is 4.52. The molecule has 0 saturated carbocycles. The molecule has 16 heavy (non-hydrogen) atoms. The Morgan fingerprint density at radius 3 is 2.75 bits per heavy atom. The lowest BCUT2D eigenvalue weighted by atomic mass is 10.1. The van der Waals surface area contributed by atoms with Gasteiger partial charge in [0.15, 0.2) is 5.82 Å². The van der Waals surface area contributed by atoms with E-state index in [2.05, 4.69) is 39.2 Å². The number of nitrogens with zero attached hydrogens (tertiary/aromatic N) is 3. The summed E-state index contributed by atoms with van der Waals surface area (Å²) in [5.74, 6) is 2.56. The minimum absolute atomic E-state index is 0.614. The summed E-state index contributed by atoms with van der Waals surface area (Å²) in [5, 5.41) is 10.6. The van der Waals surface area contributed by atoms with Gasteiger partial charge in [-0.25, -0.2) is 4.98 Å². The molecule has 0 radical (unpaired) electrons. The van der Waals surface area contributed by atoms with Crippen LogP contribution in [0.4, 0.5) is 0 Å². The van der Waals surface area contributed by atoms with Crippen LogP contribution in [0.3, 0.4) is 0 Å². The summed E-state index contributed by atoms with van der Waals surface area (Å²) in [6.07, 6.45) is 0.956. The molecular weight excluding hydrogens is 202 g/mol. The first-order chi connectivity index (χ1) is 7.74. The van der Waals surface area contributed by atoms with E-state index in [1.165, 1.54) is 0 Å². The lowest BCUT2D eigenvalue weighted by Crippen LogP contribution is -2.43. The highest BCUT2D eigenvalue weighted by Crippen LogP contribution is 2.05. The lowest BCUT2D eigenvalue weighted by Gasteiger charge is -2.25. The summed E-state index contributed by atoms with van der Waals surface area (Å²) < 4.78 is 0. The third-order valence-corrected chi connectivity index (χ3v) is 2.75. The smallest absolute Gasteiger partial charge is 0.151 e. The van der Waals surface area contributed by atoms with Gasteiger partial charge in [-0.15, -0.1) is 0 Å². The van der Waals surface area contributed by atoms with E-state index in [1.54, 1.807) is 0 Å². The second kappa shape index (κ2) is 5.41. The zero-order chi connectivity index (χ0) is 11.4. The van der Waals surface area contributed by atoms with Crippen LogP contribution >= 0.6 is 0 Å². The molecule has 0 atom stereocenters. The Bertz CT molecular complexity index is 314. The summed E-state index contributed by atoms with van der Waals surface area (Å²) in [5.41, 5.74) is 0. The van der Waals surface area contributed by atoms with Crippen LogP contribution in [0.2, 0.25) is 0 Å². The molecule has 2 N–H and O–H groups in total. The Balaban J connectivity index is 1.86. The van der Waals surface area contributed by atoms with Crippen molar-refractivity contribution in [1.82, 2.24) is 25.4 Å². The average Bonchev–Trinajstić information content (AvgIpc) is 2.66. The highest BCUT2D eigenvalue weighted by molar-refractivity contribution is 4.91. The number of nitrogens with one attached hydrogen (secondary N) is 2. The normalized spacial score (nSPS) is 18.2. The van der Waals surface area contributed by atoms with Crippen LogP contribution in [0.5, 0.6) is 0 Å². The predicted octanol–water partition coefficient (Wildman–Crippen LogP) is 0.408. The molecule has 2 heterocycles. The summed E-state index contributed by atoms with van der Waals surface area (Å²) in [6.45, 7) is 9.62. The fraction of sp³-hybridized carbons (Fsp3) is 0.818. The molecule has 1 saturated heterocycles. The molecular formula is C11H21N5. The average molecular weight is 223 g/mol. The van der Waals surface area contributed by atoms with E-state index in [-0.39, 0.29) is 0 Å². The van der Waals surface area contributed by atoms with Crippen molar-refractivity contribution < 1.29 is 0 Å². The van der Waals surface area contributed by atoms with Crippen LogP contribution in [0.1, 0.15) is 25.5 Å². The van der Waals surface area contributed by atoms with Crippen LogP contribution in [0.25, 0.3) is 0 Å². The minimum atomic E-state index is 0.614. The molecule has 1 aliphatic rings. The fourth-order valence-electron chi connectivity index (χ4n) is 1.94. The second-order valence-electron chi connectivity index (χ2n) is 4.82. The molecule has 0 aliphatic carbocycles. The Morgan fingerprint density at radius 1 is 1.31 bits per heavy atom. The topological polar surface area (TPSA) is 56.8 Å². The van der Waals surface area contributed by atoms with Crippen molar-refractivity contribution in [2.45, 2.75) is 26.8 Å². The molecule has 90 valence electrons. The molecule has 0 spiro atoms. The van der Waals surface area contributed by atoms with E-state index >= 15 is 0 Å². The first kappa shape index (κ1) is 11.5. The second-order valence-corrected chi connectivity index (χ2v) is 4.82. The molecule has 2 rings (SSSR count). The number of piperazine rings is 1. The van der Waals surface area contributed by atoms with Gasteiger partial charge in [0.25, 0.3) is 0 Å². The van der Waals surface area contributed by atoms with Gasteiger partial charge >= 0.3 is 0 Å². The molecule has 0 unspecified atom stereocenters. The van der Waals surface area contributed by atoms with Gasteiger partial charge in [-0.3, -0.25) is 10.00 Å². The summed E-state index contributed by atoms with van der Waals surface area (Å²) >= 11 is 0. The van der Waals surface area contributed by atoms with E-state index in [1.807, 2.05) is 0 Å². The maximum Gasteiger partial charge on any atom is 0.151 e. The van der Waals surface area contributed by atoms with Gasteiger partial charge in [-0.1, -0.05) is 13.8 Å². The van der Waals surface area contributed by atoms with Crippen molar-refractivity contribution in [1.29, 1.82) is 0 Å². The number of aromatic amines is 1. The Morgan fingerprint density at radius 2 is 2.06 bits per heavy atom. The molecule has 1 aliphatic heterocycles. The monoisotopic (exact) mass is 223 g/mol. The van der Waals surface area contributed by atoms with Gasteiger partial charge in [-0.2, -0.15) is 5.10 Å². The first-order valence-electron chi connectivity index (χ1n) is 6.07. The van der Waals surface area contributed by atoms with Gasteiger partial charge in [0.2, 0.25) is 0 Å². The Labute approximate surface area is 96.6 Å². The molecule has 1 aromatic heterocycles. The van der Waals surface area contributed by atoms with Crippen molar-refractivity contribution in [2.24, 2.45) is 5.92 Å². The van der Waals surface area contributed by atoms with Crippen LogP contribution < -0.4 is 5.32 Å². The SMILES string of the molecule is CC(C)Cc1n[nH]c(CN2CCNCC2)n1. The summed E-state index contributed by atoms with van der Waals surface area (Å²) in [4.78, 5) is 6.91. The Kier molecular flexibility index (Phi) is 3.90. The molecule has 0 aromatic carbocycles. The van der Waals surface area contributed by atoms with E-state index in [0.29, 0.717) is 5.92 Å². The van der Waals surface area contributed by atoms with Crippen LogP contribution in [-0.4, -0.2) is 46.3 Å². The van der Waals surface area contributed by atoms with Crippen LogP contribution in [-0.2, 0) is 13.0 Å². The number of aromatic nitrogens is 3. The van der Waals surface area contributed by atoms with Crippen molar-refractivity contribution in [3.05, 3.63) is 11.6 Å². The zero-order valence-electron chi connectivity index (χ0n) is 10.2. The molecule has 1 aromatic rings. The maximum absolute atomic E-state index is 4.52.